The summed E-state index contributed by atoms with van der Waals surface area (Å²) in [6.45, 7) is 0.591. The van der Waals surface area contributed by atoms with Gasteiger partial charge in [-0.15, -0.1) is 11.3 Å². The number of rotatable bonds is 7. The Kier molecular flexibility index (Phi) is 6.63. The fraction of sp³-hybridized carbons (Fsp3) is 0.364. The normalized spacial score (nSPS) is 18.2. The Labute approximate surface area is 191 Å². The van der Waals surface area contributed by atoms with Crippen LogP contribution < -0.4 is 10.1 Å². The van der Waals surface area contributed by atoms with E-state index in [4.69, 9.17) is 4.74 Å². The van der Waals surface area contributed by atoms with Gasteiger partial charge in [0.05, 0.1) is 13.0 Å². The number of sulfonamides is 1. The van der Waals surface area contributed by atoms with Crippen LogP contribution >= 0.6 is 11.3 Å². The van der Waals surface area contributed by atoms with Crippen molar-refractivity contribution in [3.8, 4) is 5.75 Å². The van der Waals surface area contributed by atoms with Crippen molar-refractivity contribution >= 4 is 27.3 Å². The first-order chi connectivity index (χ1) is 15.4. The zero-order valence-corrected chi connectivity index (χ0v) is 19.6. The van der Waals surface area contributed by atoms with Gasteiger partial charge in [0.15, 0.2) is 0 Å². The van der Waals surface area contributed by atoms with Crippen molar-refractivity contribution in [2.45, 2.75) is 23.1 Å². The summed E-state index contributed by atoms with van der Waals surface area (Å²) >= 11 is 1.19. The molecule has 170 valence electrons. The molecule has 1 saturated heterocycles. The summed E-state index contributed by atoms with van der Waals surface area (Å²) < 4.78 is 34.7. The average molecular weight is 475 g/mol. The molecule has 1 aliphatic rings. The van der Waals surface area contributed by atoms with E-state index in [9.17, 15) is 13.2 Å². The van der Waals surface area contributed by atoms with E-state index in [-0.39, 0.29) is 12.5 Å². The van der Waals surface area contributed by atoms with Crippen LogP contribution in [0.25, 0.3) is 0 Å². The van der Waals surface area contributed by atoms with Crippen LogP contribution in [0.15, 0.2) is 58.4 Å². The topological polar surface area (TPSA) is 93.5 Å². The minimum atomic E-state index is -3.58. The molecular formula is C22H26N4O4S2. The fourth-order valence-corrected chi connectivity index (χ4v) is 6.59. The Morgan fingerprint density at radius 2 is 2.06 bits per heavy atom. The van der Waals surface area contributed by atoms with Gasteiger partial charge in [-0.05, 0) is 42.0 Å². The number of thiophene rings is 1. The molecule has 8 nitrogen and oxygen atoms in total. The van der Waals surface area contributed by atoms with Crippen LogP contribution in [0.5, 0.6) is 5.75 Å². The summed E-state index contributed by atoms with van der Waals surface area (Å²) in [7, 11) is -0.103. The van der Waals surface area contributed by atoms with Crippen molar-refractivity contribution in [2.75, 3.05) is 20.2 Å². The van der Waals surface area contributed by atoms with Gasteiger partial charge in [-0.1, -0.05) is 18.2 Å². The fourth-order valence-electron chi connectivity index (χ4n) is 3.92. The second-order valence-corrected chi connectivity index (χ2v) is 10.9. The van der Waals surface area contributed by atoms with Crippen molar-refractivity contribution in [3.63, 3.8) is 0 Å². The van der Waals surface area contributed by atoms with E-state index in [0.717, 1.165) is 11.3 Å². The van der Waals surface area contributed by atoms with Gasteiger partial charge in [0.2, 0.25) is 5.91 Å². The van der Waals surface area contributed by atoms with Crippen molar-refractivity contribution in [1.29, 1.82) is 0 Å². The van der Waals surface area contributed by atoms with Gasteiger partial charge in [-0.3, -0.25) is 4.79 Å². The number of aryl methyl sites for hydroxylation is 1. The quantitative estimate of drug-likeness (QED) is 0.568. The van der Waals surface area contributed by atoms with Crippen LogP contribution in [0.4, 0.5) is 0 Å². The van der Waals surface area contributed by atoms with E-state index in [2.05, 4.69) is 10.3 Å². The van der Waals surface area contributed by atoms with Gasteiger partial charge in [0.1, 0.15) is 21.8 Å². The highest BCUT2D eigenvalue weighted by Crippen LogP contribution is 2.28. The number of aromatic nitrogens is 2. The molecule has 0 saturated carbocycles. The van der Waals surface area contributed by atoms with E-state index in [1.54, 1.807) is 30.8 Å². The number of hydrogen-bond donors (Lipinski definition) is 1. The first-order valence-corrected chi connectivity index (χ1v) is 12.7. The predicted octanol–water partition coefficient (Wildman–Crippen LogP) is 2.80. The first-order valence-electron chi connectivity index (χ1n) is 10.4. The number of ether oxygens (including phenoxy) is 1. The molecule has 0 radical (unpaired) electrons. The molecule has 1 aliphatic heterocycles. The lowest BCUT2D eigenvalue weighted by Crippen LogP contribution is -2.46. The number of amides is 1. The summed E-state index contributed by atoms with van der Waals surface area (Å²) in [4.78, 5) is 17.7. The summed E-state index contributed by atoms with van der Waals surface area (Å²) in [5.74, 6) is 0.808. The molecule has 1 N–H and O–H groups in total. The molecule has 1 amide bonds. The zero-order valence-electron chi connectivity index (χ0n) is 18.0. The van der Waals surface area contributed by atoms with Crippen LogP contribution in [-0.4, -0.2) is 48.4 Å². The van der Waals surface area contributed by atoms with Gasteiger partial charge in [-0.2, -0.15) is 4.31 Å². The molecule has 0 spiro atoms. The summed E-state index contributed by atoms with van der Waals surface area (Å²) in [6, 6.07) is 10.3. The third-order valence-corrected chi connectivity index (χ3v) is 8.93. The highest BCUT2D eigenvalue weighted by Gasteiger charge is 2.35. The van der Waals surface area contributed by atoms with Gasteiger partial charge in [-0.25, -0.2) is 13.4 Å². The molecule has 2 atom stereocenters. The monoisotopic (exact) mass is 474 g/mol. The molecule has 0 unspecified atom stereocenters. The van der Waals surface area contributed by atoms with E-state index < -0.39 is 22.0 Å². The largest absolute Gasteiger partial charge is 0.497 e. The summed E-state index contributed by atoms with van der Waals surface area (Å²) in [5, 5.41) is 4.85. The second-order valence-electron chi connectivity index (χ2n) is 7.75. The molecule has 4 rings (SSSR count). The Morgan fingerprint density at radius 3 is 2.69 bits per heavy atom. The Balaban J connectivity index is 1.54. The molecule has 32 heavy (non-hydrogen) atoms. The summed E-state index contributed by atoms with van der Waals surface area (Å²) in [6.07, 6.45) is 4.79. The van der Waals surface area contributed by atoms with Gasteiger partial charge >= 0.3 is 0 Å². The van der Waals surface area contributed by atoms with Crippen LogP contribution in [0.2, 0.25) is 0 Å². The lowest BCUT2D eigenvalue weighted by atomic mass is 9.97. The number of benzene rings is 1. The van der Waals surface area contributed by atoms with E-state index >= 15 is 0 Å². The van der Waals surface area contributed by atoms with E-state index in [1.807, 2.05) is 42.1 Å². The number of carbonyl (C=O) groups excluding carboxylic acids is 1. The van der Waals surface area contributed by atoms with Crippen LogP contribution in [0.3, 0.4) is 0 Å². The van der Waals surface area contributed by atoms with Gasteiger partial charge < -0.3 is 14.6 Å². The van der Waals surface area contributed by atoms with E-state index in [1.165, 1.54) is 15.6 Å². The molecule has 1 aromatic carbocycles. The predicted molar refractivity (Wildman–Crippen MR) is 122 cm³/mol. The number of carbonyl (C=O) groups is 1. The molecule has 10 heteroatoms. The van der Waals surface area contributed by atoms with Crippen molar-refractivity contribution in [1.82, 2.24) is 19.2 Å². The molecule has 3 heterocycles. The van der Waals surface area contributed by atoms with E-state index in [0.29, 0.717) is 29.4 Å². The first kappa shape index (κ1) is 22.5. The van der Waals surface area contributed by atoms with Crippen LogP contribution in [-0.2, 0) is 21.9 Å². The average Bonchev–Trinajstić information content (AvgIpc) is 3.50. The lowest BCUT2D eigenvalue weighted by Gasteiger charge is -2.32. The number of nitrogens with one attached hydrogen (secondary N) is 1. The number of nitrogens with zero attached hydrogens (tertiary/aromatic N) is 3. The third-order valence-electron chi connectivity index (χ3n) is 5.70. The summed E-state index contributed by atoms with van der Waals surface area (Å²) in [5.41, 5.74) is 0.868. The third kappa shape index (κ3) is 4.57. The van der Waals surface area contributed by atoms with Crippen molar-refractivity contribution < 1.29 is 17.9 Å². The number of imidazole rings is 1. The Morgan fingerprint density at radius 1 is 1.28 bits per heavy atom. The molecule has 2 aromatic heterocycles. The van der Waals surface area contributed by atoms with Crippen LogP contribution in [0.1, 0.15) is 30.3 Å². The highest BCUT2D eigenvalue weighted by molar-refractivity contribution is 7.91. The van der Waals surface area contributed by atoms with Crippen molar-refractivity contribution in [3.05, 3.63) is 65.6 Å². The molecule has 1 fully saturated rings. The van der Waals surface area contributed by atoms with Gasteiger partial charge in [0.25, 0.3) is 10.0 Å². The maximum Gasteiger partial charge on any atom is 0.252 e. The minimum Gasteiger partial charge on any atom is -0.497 e. The lowest BCUT2D eigenvalue weighted by molar-refractivity contribution is -0.126. The number of hydrogen-bond acceptors (Lipinski definition) is 6. The molecular weight excluding hydrogens is 448 g/mol. The maximum absolute atomic E-state index is 13.3. The highest BCUT2D eigenvalue weighted by atomic mass is 32.2. The smallest absolute Gasteiger partial charge is 0.252 e. The number of methoxy groups -OCH3 is 1. The molecule has 0 bridgehead atoms. The SMILES string of the molecule is COc1ccc([C@@H](NC(=O)[C@@H]2CCCN(S(=O)(=O)c3cccs3)C2)c2nccn2C)cc1. The maximum atomic E-state index is 13.3. The standard InChI is InChI=1S/C22H26N4O4S2/c1-25-13-11-23-21(25)20(16-7-9-18(30-2)10-8-16)24-22(27)17-5-3-12-26(15-17)32(28,29)19-6-4-14-31-19/h4,6-11,13-14,17,20H,3,5,12,15H2,1-2H3,(H,24,27)/t17-,20-/m1/s1. The van der Waals surface area contributed by atoms with Crippen molar-refractivity contribution in [2.24, 2.45) is 13.0 Å². The minimum absolute atomic E-state index is 0.169. The molecule has 0 aliphatic carbocycles. The zero-order chi connectivity index (χ0) is 22.7. The van der Waals surface area contributed by atoms with Crippen LogP contribution in [0, 0.1) is 5.92 Å². The Bertz CT molecular complexity index is 1160. The van der Waals surface area contributed by atoms with Gasteiger partial charge in [0, 0.05) is 32.5 Å². The number of piperidine rings is 1. The second kappa shape index (κ2) is 9.43. The molecule has 3 aromatic rings. The Hall–Kier alpha value is -2.69.